The second-order valence-electron chi connectivity index (χ2n) is 3.95. The maximum absolute atomic E-state index is 5.97. The van der Waals surface area contributed by atoms with Gasteiger partial charge in [-0.05, 0) is 18.0 Å². The molecule has 3 rings (SSSR count). The number of H-pyrrole nitrogens is 1. The number of aromatic amines is 1. The average Bonchev–Trinajstić information content (AvgIpc) is 2.96. The Labute approximate surface area is 135 Å². The molecule has 0 unspecified atom stereocenters. The summed E-state index contributed by atoms with van der Waals surface area (Å²) in [7, 11) is 0. The van der Waals surface area contributed by atoms with Crippen LogP contribution in [0.4, 0.5) is 0 Å². The van der Waals surface area contributed by atoms with Gasteiger partial charge in [0, 0.05) is 11.6 Å². The van der Waals surface area contributed by atoms with Crippen LogP contribution in [0.15, 0.2) is 51.7 Å². The highest BCUT2D eigenvalue weighted by atomic mass is 35.5. The van der Waals surface area contributed by atoms with Crippen LogP contribution in [0.3, 0.4) is 0 Å². The molecule has 8 heteroatoms. The van der Waals surface area contributed by atoms with Gasteiger partial charge in [0.05, 0.1) is 0 Å². The molecule has 106 valence electrons. The summed E-state index contributed by atoms with van der Waals surface area (Å²) in [4.78, 5) is 12.9. The van der Waals surface area contributed by atoms with Gasteiger partial charge in [0.25, 0.3) is 0 Å². The second kappa shape index (κ2) is 6.46. The SMILES string of the molecule is CSc1nc(Cl)cc(Sc2n[nH]c(-c3ccccc3)n2)n1. The van der Waals surface area contributed by atoms with E-state index in [0.29, 0.717) is 15.5 Å². The zero-order chi connectivity index (χ0) is 14.7. The van der Waals surface area contributed by atoms with E-state index in [1.165, 1.54) is 23.5 Å². The van der Waals surface area contributed by atoms with Gasteiger partial charge < -0.3 is 0 Å². The predicted octanol–water partition coefficient (Wildman–Crippen LogP) is 3.79. The summed E-state index contributed by atoms with van der Waals surface area (Å²) in [5.74, 6) is 0.725. The van der Waals surface area contributed by atoms with Gasteiger partial charge in [-0.2, -0.15) is 0 Å². The number of halogens is 1. The van der Waals surface area contributed by atoms with Crippen molar-refractivity contribution in [2.75, 3.05) is 6.26 Å². The Morgan fingerprint density at radius 1 is 1.05 bits per heavy atom. The Hall–Kier alpha value is -1.57. The van der Waals surface area contributed by atoms with Gasteiger partial charge >= 0.3 is 0 Å². The van der Waals surface area contributed by atoms with Crippen LogP contribution in [0, 0.1) is 0 Å². The number of rotatable bonds is 4. The molecule has 0 fully saturated rings. The molecule has 1 N–H and O–H groups in total. The number of benzene rings is 1. The highest BCUT2D eigenvalue weighted by Gasteiger charge is 2.10. The smallest absolute Gasteiger partial charge is 0.215 e. The van der Waals surface area contributed by atoms with Crippen LogP contribution in [-0.2, 0) is 0 Å². The standard InChI is InChI=1S/C13H10ClN5S2/c1-20-12-15-9(14)7-10(16-12)21-13-17-11(18-19-13)8-5-3-2-4-6-8/h2-7H,1H3,(H,17,18,19). The lowest BCUT2D eigenvalue weighted by molar-refractivity contribution is 0.887. The number of aromatic nitrogens is 5. The van der Waals surface area contributed by atoms with Crippen LogP contribution >= 0.6 is 35.1 Å². The molecule has 0 saturated carbocycles. The van der Waals surface area contributed by atoms with Crippen LogP contribution in [0.1, 0.15) is 0 Å². The van der Waals surface area contributed by atoms with E-state index in [1.54, 1.807) is 6.07 Å². The van der Waals surface area contributed by atoms with Crippen LogP contribution in [-0.4, -0.2) is 31.4 Å². The molecule has 0 atom stereocenters. The Morgan fingerprint density at radius 3 is 2.62 bits per heavy atom. The first kappa shape index (κ1) is 14.4. The Bertz CT molecular complexity index is 747. The minimum Gasteiger partial charge on any atom is -0.258 e. The molecular weight excluding hydrogens is 326 g/mol. The van der Waals surface area contributed by atoms with E-state index in [2.05, 4.69) is 25.1 Å². The summed E-state index contributed by atoms with van der Waals surface area (Å²) in [5, 5.41) is 9.47. The third kappa shape index (κ3) is 3.55. The highest BCUT2D eigenvalue weighted by Crippen LogP contribution is 2.27. The normalized spacial score (nSPS) is 10.8. The molecule has 0 bridgehead atoms. The number of hydrogen-bond acceptors (Lipinski definition) is 6. The van der Waals surface area contributed by atoms with E-state index >= 15 is 0 Å². The van der Waals surface area contributed by atoms with Crippen molar-refractivity contribution in [1.29, 1.82) is 0 Å². The molecule has 21 heavy (non-hydrogen) atoms. The molecule has 0 aliphatic carbocycles. The molecule has 0 amide bonds. The van der Waals surface area contributed by atoms with Crippen molar-refractivity contribution in [3.63, 3.8) is 0 Å². The Balaban J connectivity index is 1.83. The lowest BCUT2D eigenvalue weighted by atomic mass is 10.2. The van der Waals surface area contributed by atoms with E-state index in [0.717, 1.165) is 16.4 Å². The maximum atomic E-state index is 5.97. The number of nitrogens with one attached hydrogen (secondary N) is 1. The van der Waals surface area contributed by atoms with E-state index in [-0.39, 0.29) is 0 Å². The van der Waals surface area contributed by atoms with Crippen LogP contribution in [0.25, 0.3) is 11.4 Å². The largest absolute Gasteiger partial charge is 0.258 e. The fourth-order valence-corrected chi connectivity index (χ4v) is 3.08. The first-order valence-corrected chi connectivity index (χ1v) is 8.41. The van der Waals surface area contributed by atoms with Gasteiger partial charge in [0.2, 0.25) is 5.16 Å². The van der Waals surface area contributed by atoms with Gasteiger partial charge in [0.15, 0.2) is 11.0 Å². The predicted molar refractivity (Wildman–Crippen MR) is 84.8 cm³/mol. The first-order valence-electron chi connectivity index (χ1n) is 5.99. The number of nitrogens with zero attached hydrogens (tertiary/aromatic N) is 4. The zero-order valence-electron chi connectivity index (χ0n) is 10.9. The fraction of sp³-hybridized carbons (Fsp3) is 0.0769. The van der Waals surface area contributed by atoms with Gasteiger partial charge in [0.1, 0.15) is 10.2 Å². The lowest BCUT2D eigenvalue weighted by Crippen LogP contribution is -1.89. The van der Waals surface area contributed by atoms with Crippen molar-refractivity contribution in [3.05, 3.63) is 41.6 Å². The summed E-state index contributed by atoms with van der Waals surface area (Å²) in [6, 6.07) is 11.5. The molecule has 2 aromatic heterocycles. The average molecular weight is 336 g/mol. The quantitative estimate of drug-likeness (QED) is 0.444. The van der Waals surface area contributed by atoms with Crippen molar-refractivity contribution < 1.29 is 0 Å². The molecule has 5 nitrogen and oxygen atoms in total. The summed E-state index contributed by atoms with van der Waals surface area (Å²) >= 11 is 8.76. The van der Waals surface area contributed by atoms with Crippen molar-refractivity contribution in [2.24, 2.45) is 0 Å². The van der Waals surface area contributed by atoms with Crippen LogP contribution in [0.2, 0.25) is 5.15 Å². The van der Waals surface area contributed by atoms with Gasteiger partial charge in [-0.1, -0.05) is 53.7 Å². The monoisotopic (exact) mass is 335 g/mol. The fourth-order valence-electron chi connectivity index (χ4n) is 1.63. The molecule has 3 aromatic rings. The van der Waals surface area contributed by atoms with Crippen molar-refractivity contribution >= 4 is 35.1 Å². The van der Waals surface area contributed by atoms with Gasteiger partial charge in [-0.15, -0.1) is 5.10 Å². The molecule has 0 radical (unpaired) electrons. The summed E-state index contributed by atoms with van der Waals surface area (Å²) in [6.45, 7) is 0. The van der Waals surface area contributed by atoms with E-state index < -0.39 is 0 Å². The summed E-state index contributed by atoms with van der Waals surface area (Å²) in [5.41, 5.74) is 0.988. The summed E-state index contributed by atoms with van der Waals surface area (Å²) < 4.78 is 0. The minimum atomic E-state index is 0.413. The third-order valence-corrected chi connectivity index (χ3v) is 4.07. The molecule has 2 heterocycles. The topological polar surface area (TPSA) is 67.3 Å². The molecule has 0 saturated heterocycles. The summed E-state index contributed by atoms with van der Waals surface area (Å²) in [6.07, 6.45) is 1.90. The highest BCUT2D eigenvalue weighted by molar-refractivity contribution is 7.99. The van der Waals surface area contributed by atoms with Crippen molar-refractivity contribution in [1.82, 2.24) is 25.1 Å². The van der Waals surface area contributed by atoms with Crippen LogP contribution < -0.4 is 0 Å². The minimum absolute atomic E-state index is 0.413. The second-order valence-corrected chi connectivity index (χ2v) is 6.10. The molecule has 1 aromatic carbocycles. The van der Waals surface area contributed by atoms with Crippen LogP contribution in [0.5, 0.6) is 0 Å². The molecule has 0 spiro atoms. The van der Waals surface area contributed by atoms with E-state index in [9.17, 15) is 0 Å². The zero-order valence-corrected chi connectivity index (χ0v) is 13.3. The number of thioether (sulfide) groups is 1. The lowest BCUT2D eigenvalue weighted by Gasteiger charge is -2.00. The van der Waals surface area contributed by atoms with Gasteiger partial charge in [-0.25, -0.2) is 15.0 Å². The molecule has 0 aliphatic rings. The van der Waals surface area contributed by atoms with Gasteiger partial charge in [-0.3, -0.25) is 5.10 Å². The molecular formula is C13H10ClN5S2. The Morgan fingerprint density at radius 2 is 1.86 bits per heavy atom. The molecule has 0 aliphatic heterocycles. The first-order chi connectivity index (χ1) is 10.2. The number of hydrogen-bond donors (Lipinski definition) is 1. The third-order valence-electron chi connectivity index (χ3n) is 2.54. The van der Waals surface area contributed by atoms with Crippen molar-refractivity contribution in [3.8, 4) is 11.4 Å². The maximum Gasteiger partial charge on any atom is 0.215 e. The van der Waals surface area contributed by atoms with Crippen molar-refractivity contribution in [2.45, 2.75) is 15.3 Å². The van der Waals surface area contributed by atoms with E-state index in [1.807, 2.05) is 36.6 Å². The Kier molecular flexibility index (Phi) is 4.42. The van der Waals surface area contributed by atoms with E-state index in [4.69, 9.17) is 11.6 Å².